The molecule has 7 heteroatoms. The van der Waals surface area contributed by atoms with Crippen LogP contribution < -0.4 is 10.2 Å². The lowest BCUT2D eigenvalue weighted by molar-refractivity contribution is 0.101. The van der Waals surface area contributed by atoms with Crippen LogP contribution in [0.5, 0.6) is 0 Å². The van der Waals surface area contributed by atoms with Crippen molar-refractivity contribution in [3.8, 4) is 0 Å². The number of benzene rings is 1. The monoisotopic (exact) mass is 324 g/mol. The summed E-state index contributed by atoms with van der Waals surface area (Å²) in [4.78, 5) is 22.8. The maximum absolute atomic E-state index is 12.3. The number of fused-ring (bicyclic) bond motifs is 1. The lowest BCUT2D eigenvalue weighted by Gasteiger charge is -2.21. The van der Waals surface area contributed by atoms with E-state index in [1.807, 2.05) is 37.3 Å². The van der Waals surface area contributed by atoms with Gasteiger partial charge in [-0.15, -0.1) is 5.10 Å². The van der Waals surface area contributed by atoms with E-state index in [2.05, 4.69) is 39.1 Å². The van der Waals surface area contributed by atoms with Gasteiger partial charge in [0.15, 0.2) is 0 Å². The molecule has 0 unspecified atom stereocenters. The molecule has 0 aliphatic carbocycles. The Morgan fingerprint density at radius 3 is 2.50 bits per heavy atom. The molecule has 0 saturated carbocycles. The minimum atomic E-state index is -0.351. The van der Waals surface area contributed by atoms with Crippen LogP contribution in [0.1, 0.15) is 30.2 Å². The molecule has 0 saturated heterocycles. The highest BCUT2D eigenvalue weighted by molar-refractivity contribution is 6.01. The second-order valence-corrected chi connectivity index (χ2v) is 5.41. The number of carbonyl (C=O) groups excluding carboxylic acids is 1. The van der Waals surface area contributed by atoms with Gasteiger partial charge in [-0.1, -0.05) is 0 Å². The first kappa shape index (κ1) is 15.9. The van der Waals surface area contributed by atoms with E-state index in [9.17, 15) is 4.79 Å². The quantitative estimate of drug-likeness (QED) is 0.780. The van der Waals surface area contributed by atoms with Crippen molar-refractivity contribution in [1.29, 1.82) is 0 Å². The molecule has 0 fully saturated rings. The average Bonchev–Trinajstić information content (AvgIpc) is 3.03. The minimum absolute atomic E-state index is 0.101. The number of nitrogens with one attached hydrogen (secondary N) is 1. The molecule has 7 nitrogen and oxygen atoms in total. The Morgan fingerprint density at radius 1 is 1.17 bits per heavy atom. The van der Waals surface area contributed by atoms with Crippen LogP contribution in [0.3, 0.4) is 0 Å². The summed E-state index contributed by atoms with van der Waals surface area (Å²) < 4.78 is 1.55. The van der Waals surface area contributed by atoms with Gasteiger partial charge >= 0.3 is 0 Å². The lowest BCUT2D eigenvalue weighted by Crippen LogP contribution is -2.21. The molecular formula is C17H20N6O. The van der Waals surface area contributed by atoms with Crippen LogP contribution in [0, 0.1) is 6.92 Å². The Labute approximate surface area is 140 Å². The topological polar surface area (TPSA) is 75.4 Å². The molecule has 0 aliphatic heterocycles. The first-order valence-electron chi connectivity index (χ1n) is 7.97. The Bertz CT molecular complexity index is 851. The molecule has 124 valence electrons. The number of nitrogens with zero attached hydrogens (tertiary/aromatic N) is 5. The predicted octanol–water partition coefficient (Wildman–Crippen LogP) is 2.53. The SMILES string of the molecule is CCN(CC)c1ccc(NC(=O)c2nc3nccc(C)n3n2)cc1. The Morgan fingerprint density at radius 2 is 1.88 bits per heavy atom. The Hall–Kier alpha value is -2.96. The summed E-state index contributed by atoms with van der Waals surface area (Å²) >= 11 is 0. The molecule has 3 rings (SSSR count). The molecule has 24 heavy (non-hydrogen) atoms. The number of hydrogen-bond acceptors (Lipinski definition) is 5. The highest BCUT2D eigenvalue weighted by Crippen LogP contribution is 2.18. The van der Waals surface area contributed by atoms with Crippen molar-refractivity contribution >= 4 is 23.1 Å². The van der Waals surface area contributed by atoms with Gasteiger partial charge in [0.1, 0.15) is 0 Å². The van der Waals surface area contributed by atoms with Gasteiger partial charge in [0.05, 0.1) is 0 Å². The summed E-state index contributed by atoms with van der Waals surface area (Å²) in [7, 11) is 0. The Kier molecular flexibility index (Phi) is 4.41. The van der Waals surface area contributed by atoms with Crippen LogP contribution in [0.4, 0.5) is 11.4 Å². The fraction of sp³-hybridized carbons (Fsp3) is 0.294. The van der Waals surface area contributed by atoms with E-state index in [0.717, 1.165) is 24.5 Å². The van der Waals surface area contributed by atoms with Gasteiger partial charge in [-0.05, 0) is 51.1 Å². The number of aryl methyl sites for hydroxylation is 1. The zero-order chi connectivity index (χ0) is 17.1. The number of anilines is 2. The third kappa shape index (κ3) is 3.05. The van der Waals surface area contributed by atoms with E-state index in [1.165, 1.54) is 0 Å². The van der Waals surface area contributed by atoms with Crippen LogP contribution in [-0.4, -0.2) is 38.6 Å². The molecule has 1 aromatic carbocycles. The summed E-state index contributed by atoms with van der Waals surface area (Å²) in [6.07, 6.45) is 1.65. The fourth-order valence-corrected chi connectivity index (χ4v) is 2.53. The van der Waals surface area contributed by atoms with Crippen molar-refractivity contribution in [3.63, 3.8) is 0 Å². The van der Waals surface area contributed by atoms with Gasteiger partial charge in [-0.3, -0.25) is 4.79 Å². The summed E-state index contributed by atoms with van der Waals surface area (Å²) in [5.74, 6) is 0.164. The van der Waals surface area contributed by atoms with Gasteiger partial charge in [-0.25, -0.2) is 9.50 Å². The lowest BCUT2D eigenvalue weighted by atomic mass is 10.2. The molecule has 2 heterocycles. The van der Waals surface area contributed by atoms with Crippen LogP contribution >= 0.6 is 0 Å². The number of aromatic nitrogens is 4. The number of carbonyl (C=O) groups is 1. The van der Waals surface area contributed by atoms with Crippen LogP contribution in [0.2, 0.25) is 0 Å². The van der Waals surface area contributed by atoms with Gasteiger partial charge in [0.2, 0.25) is 5.82 Å². The zero-order valence-corrected chi connectivity index (χ0v) is 14.0. The number of rotatable bonds is 5. The van der Waals surface area contributed by atoms with Gasteiger partial charge < -0.3 is 10.2 Å². The first-order valence-corrected chi connectivity index (χ1v) is 7.97. The molecule has 0 radical (unpaired) electrons. The summed E-state index contributed by atoms with van der Waals surface area (Å²) in [5.41, 5.74) is 2.71. The van der Waals surface area contributed by atoms with E-state index in [4.69, 9.17) is 0 Å². The van der Waals surface area contributed by atoms with Crippen molar-refractivity contribution < 1.29 is 4.79 Å². The second kappa shape index (κ2) is 6.66. The third-order valence-electron chi connectivity index (χ3n) is 3.89. The Balaban J connectivity index is 1.77. The fourth-order valence-electron chi connectivity index (χ4n) is 2.53. The predicted molar refractivity (Wildman–Crippen MR) is 93.5 cm³/mol. The number of amides is 1. The van der Waals surface area contributed by atoms with Gasteiger partial charge in [0, 0.05) is 36.4 Å². The first-order chi connectivity index (χ1) is 11.6. The van der Waals surface area contributed by atoms with E-state index >= 15 is 0 Å². The zero-order valence-electron chi connectivity index (χ0n) is 14.0. The van der Waals surface area contributed by atoms with Crippen molar-refractivity contribution in [2.45, 2.75) is 20.8 Å². The van der Waals surface area contributed by atoms with Gasteiger partial charge in [0.25, 0.3) is 11.7 Å². The largest absolute Gasteiger partial charge is 0.372 e. The second-order valence-electron chi connectivity index (χ2n) is 5.41. The van der Waals surface area contributed by atoms with E-state index < -0.39 is 0 Å². The summed E-state index contributed by atoms with van der Waals surface area (Å²) in [6, 6.07) is 9.56. The smallest absolute Gasteiger partial charge is 0.295 e. The van der Waals surface area contributed by atoms with Crippen LogP contribution in [-0.2, 0) is 0 Å². The molecule has 1 amide bonds. The molecule has 1 N–H and O–H groups in total. The highest BCUT2D eigenvalue weighted by atomic mass is 16.2. The standard InChI is InChI=1S/C17H20N6O/c1-4-22(5-2)14-8-6-13(7-9-14)19-16(24)15-20-17-18-11-10-12(3)23(17)21-15/h6-11H,4-5H2,1-3H3,(H,19,24). The molecule has 3 aromatic rings. The van der Waals surface area contributed by atoms with E-state index in [1.54, 1.807) is 10.7 Å². The number of hydrogen-bond donors (Lipinski definition) is 1. The normalized spacial score (nSPS) is 10.8. The van der Waals surface area contributed by atoms with Crippen molar-refractivity contribution in [1.82, 2.24) is 19.6 Å². The minimum Gasteiger partial charge on any atom is -0.372 e. The van der Waals surface area contributed by atoms with Crippen molar-refractivity contribution in [2.75, 3.05) is 23.3 Å². The molecule has 0 bridgehead atoms. The summed E-state index contributed by atoms with van der Waals surface area (Å²) in [6.45, 7) is 8.00. The van der Waals surface area contributed by atoms with Crippen molar-refractivity contribution in [2.24, 2.45) is 0 Å². The van der Waals surface area contributed by atoms with Crippen LogP contribution in [0.25, 0.3) is 5.78 Å². The van der Waals surface area contributed by atoms with Gasteiger partial charge in [-0.2, -0.15) is 4.98 Å². The van der Waals surface area contributed by atoms with Crippen LogP contribution in [0.15, 0.2) is 36.5 Å². The maximum atomic E-state index is 12.3. The summed E-state index contributed by atoms with van der Waals surface area (Å²) in [5, 5.41) is 7.02. The average molecular weight is 324 g/mol. The van der Waals surface area contributed by atoms with E-state index in [0.29, 0.717) is 11.5 Å². The molecule has 0 aliphatic rings. The van der Waals surface area contributed by atoms with Crippen molar-refractivity contribution in [3.05, 3.63) is 48.0 Å². The van der Waals surface area contributed by atoms with E-state index in [-0.39, 0.29) is 11.7 Å². The highest BCUT2D eigenvalue weighted by Gasteiger charge is 2.14. The molecular weight excluding hydrogens is 304 g/mol. The maximum Gasteiger partial charge on any atom is 0.295 e. The molecule has 0 spiro atoms. The molecule has 2 aromatic heterocycles. The third-order valence-corrected chi connectivity index (χ3v) is 3.89. The molecule has 0 atom stereocenters.